The van der Waals surface area contributed by atoms with Gasteiger partial charge >= 0.3 is 0 Å². The molecule has 1 aromatic carbocycles. The number of hydrogen-bond donors (Lipinski definition) is 0. The lowest BCUT2D eigenvalue weighted by Gasteiger charge is -2.30. The summed E-state index contributed by atoms with van der Waals surface area (Å²) in [5, 5.41) is 6.24. The molecule has 0 aliphatic carbocycles. The van der Waals surface area contributed by atoms with Crippen LogP contribution in [0.5, 0.6) is 0 Å². The minimum atomic E-state index is -0.271. The molecule has 5 heterocycles. The molecule has 158 valence electrons. The molecule has 1 aliphatic heterocycles. The van der Waals surface area contributed by atoms with Gasteiger partial charge in [0.25, 0.3) is 0 Å². The van der Waals surface area contributed by atoms with E-state index in [1.54, 1.807) is 29.7 Å². The van der Waals surface area contributed by atoms with Crippen LogP contribution in [0.2, 0.25) is 0 Å². The quantitative estimate of drug-likeness (QED) is 0.417. The first-order valence-electron chi connectivity index (χ1n) is 10.4. The summed E-state index contributed by atoms with van der Waals surface area (Å²) in [6, 6.07) is 4.97. The lowest BCUT2D eigenvalue weighted by Crippen LogP contribution is -2.26. The third-order valence-electron chi connectivity index (χ3n) is 5.91. The Morgan fingerprint density at radius 3 is 3.00 bits per heavy atom. The number of nitrogens with zero attached hydrogens (tertiary/aromatic N) is 6. The molecule has 1 fully saturated rings. The largest absolute Gasteiger partial charge is 0.378 e. The lowest BCUT2D eigenvalue weighted by molar-refractivity contribution is 0.00631. The van der Waals surface area contributed by atoms with Crippen molar-refractivity contribution in [2.45, 2.75) is 45.3 Å². The normalized spacial score (nSPS) is 19.7. The fourth-order valence-electron chi connectivity index (χ4n) is 4.62. The van der Waals surface area contributed by atoms with Crippen molar-refractivity contribution in [3.05, 3.63) is 52.9 Å². The molecule has 0 saturated carbocycles. The zero-order valence-electron chi connectivity index (χ0n) is 17.2. The maximum Gasteiger partial charge on any atom is 0.212 e. The van der Waals surface area contributed by atoms with Crippen LogP contribution in [0.25, 0.3) is 26.9 Å². The molecule has 7 nitrogen and oxygen atoms in total. The molecule has 2 atom stereocenters. The van der Waals surface area contributed by atoms with E-state index < -0.39 is 0 Å². The average molecular weight is 437 g/mol. The smallest absolute Gasteiger partial charge is 0.212 e. The predicted molar refractivity (Wildman–Crippen MR) is 117 cm³/mol. The minimum absolute atomic E-state index is 0.166. The van der Waals surface area contributed by atoms with Crippen molar-refractivity contribution in [3.63, 3.8) is 0 Å². The monoisotopic (exact) mass is 436 g/mol. The second kappa shape index (κ2) is 7.06. The molecule has 6 rings (SSSR count). The van der Waals surface area contributed by atoms with Crippen molar-refractivity contribution >= 4 is 38.2 Å². The SMILES string of the molecule is Cc1nn2cc(Cc3nc4cnc5ccc(F)cc5c4n3[C@@H]3CCO[C@H](C)C3)nc2s1. The van der Waals surface area contributed by atoms with Gasteiger partial charge in [0.15, 0.2) is 0 Å². The molecule has 0 N–H and O–H groups in total. The molecule has 5 aromatic rings. The van der Waals surface area contributed by atoms with Gasteiger partial charge in [-0.1, -0.05) is 11.3 Å². The second-order valence-corrected chi connectivity index (χ2v) is 9.33. The van der Waals surface area contributed by atoms with E-state index in [1.807, 2.05) is 17.6 Å². The van der Waals surface area contributed by atoms with E-state index in [1.165, 1.54) is 6.07 Å². The van der Waals surface area contributed by atoms with Gasteiger partial charge in [-0.15, -0.1) is 0 Å². The van der Waals surface area contributed by atoms with Gasteiger partial charge in [-0.25, -0.2) is 18.9 Å². The van der Waals surface area contributed by atoms with Crippen LogP contribution in [0.3, 0.4) is 0 Å². The summed E-state index contributed by atoms with van der Waals surface area (Å²) >= 11 is 1.57. The van der Waals surface area contributed by atoms with E-state index in [0.717, 1.165) is 56.3 Å². The lowest BCUT2D eigenvalue weighted by atomic mass is 10.0. The highest BCUT2D eigenvalue weighted by molar-refractivity contribution is 7.16. The van der Waals surface area contributed by atoms with Crippen LogP contribution < -0.4 is 0 Å². The van der Waals surface area contributed by atoms with E-state index in [-0.39, 0.29) is 18.0 Å². The Bertz CT molecular complexity index is 1410. The fourth-order valence-corrected chi connectivity index (χ4v) is 5.36. The van der Waals surface area contributed by atoms with Crippen molar-refractivity contribution < 1.29 is 9.13 Å². The van der Waals surface area contributed by atoms with Gasteiger partial charge in [-0.05, 0) is 44.9 Å². The highest BCUT2D eigenvalue weighted by Gasteiger charge is 2.27. The van der Waals surface area contributed by atoms with Gasteiger partial charge in [-0.3, -0.25) is 4.98 Å². The molecule has 0 radical (unpaired) electrons. The van der Waals surface area contributed by atoms with Crippen LogP contribution in [-0.2, 0) is 11.2 Å². The molecular weight excluding hydrogens is 415 g/mol. The Hall–Kier alpha value is -2.91. The summed E-state index contributed by atoms with van der Waals surface area (Å²) in [5.74, 6) is 0.641. The Kier molecular flexibility index (Phi) is 4.29. The first kappa shape index (κ1) is 18.8. The highest BCUT2D eigenvalue weighted by atomic mass is 32.1. The third-order valence-corrected chi connectivity index (χ3v) is 6.74. The molecule has 0 amide bonds. The van der Waals surface area contributed by atoms with E-state index in [2.05, 4.69) is 21.6 Å². The summed E-state index contributed by atoms with van der Waals surface area (Å²) in [6.45, 7) is 4.77. The molecule has 0 bridgehead atoms. The fraction of sp³-hybridized carbons (Fsp3) is 0.364. The molecule has 0 spiro atoms. The first-order valence-corrected chi connectivity index (χ1v) is 11.2. The van der Waals surface area contributed by atoms with E-state index >= 15 is 0 Å². The topological polar surface area (TPSA) is 70.1 Å². The van der Waals surface area contributed by atoms with Crippen LogP contribution >= 0.6 is 11.3 Å². The van der Waals surface area contributed by atoms with Crippen LogP contribution in [0.1, 0.15) is 42.3 Å². The van der Waals surface area contributed by atoms with Gasteiger partial charge in [0, 0.05) is 24.5 Å². The first-order chi connectivity index (χ1) is 15.0. The van der Waals surface area contributed by atoms with E-state index in [0.29, 0.717) is 13.0 Å². The maximum absolute atomic E-state index is 14.2. The summed E-state index contributed by atoms with van der Waals surface area (Å²) < 4.78 is 24.1. The van der Waals surface area contributed by atoms with Crippen LogP contribution in [0.15, 0.2) is 30.6 Å². The van der Waals surface area contributed by atoms with Gasteiger partial charge in [0.1, 0.15) is 22.2 Å². The Labute approximate surface area is 181 Å². The molecule has 4 aromatic heterocycles. The molecule has 0 unspecified atom stereocenters. The zero-order valence-corrected chi connectivity index (χ0v) is 18.1. The van der Waals surface area contributed by atoms with Crippen LogP contribution in [-0.4, -0.2) is 41.8 Å². The Morgan fingerprint density at radius 1 is 1.26 bits per heavy atom. The van der Waals surface area contributed by atoms with Gasteiger partial charge in [0.2, 0.25) is 4.96 Å². The maximum atomic E-state index is 14.2. The minimum Gasteiger partial charge on any atom is -0.378 e. The van der Waals surface area contributed by atoms with Gasteiger partial charge in [-0.2, -0.15) is 5.10 Å². The number of halogens is 1. The van der Waals surface area contributed by atoms with Crippen LogP contribution in [0.4, 0.5) is 4.39 Å². The van der Waals surface area contributed by atoms with E-state index in [4.69, 9.17) is 14.7 Å². The Morgan fingerprint density at radius 2 is 2.16 bits per heavy atom. The number of pyridine rings is 1. The number of aromatic nitrogens is 6. The number of benzene rings is 1. The van der Waals surface area contributed by atoms with Gasteiger partial charge in [0.05, 0.1) is 35.2 Å². The third kappa shape index (κ3) is 3.19. The summed E-state index contributed by atoms with van der Waals surface area (Å²) in [7, 11) is 0. The van der Waals surface area contributed by atoms with E-state index in [9.17, 15) is 4.39 Å². The molecule has 1 saturated heterocycles. The second-order valence-electron chi connectivity index (χ2n) is 8.17. The summed E-state index contributed by atoms with van der Waals surface area (Å²) in [6.07, 6.45) is 6.27. The standard InChI is InChI=1S/C22H21FN6OS/c1-12-7-16(5-6-30-12)29-20(9-15-11-28-22(25-15)31-13(2)27-28)26-19-10-24-18-4-3-14(23)8-17(18)21(19)29/h3-4,8,10-12,16H,5-7,9H2,1-2H3/t12-,16-/m1/s1. The van der Waals surface area contributed by atoms with Crippen molar-refractivity contribution in [1.82, 2.24) is 29.1 Å². The van der Waals surface area contributed by atoms with Gasteiger partial charge < -0.3 is 9.30 Å². The van der Waals surface area contributed by atoms with Crippen LogP contribution in [0, 0.1) is 12.7 Å². The number of aryl methyl sites for hydroxylation is 1. The summed E-state index contributed by atoms with van der Waals surface area (Å²) in [5.41, 5.74) is 3.40. The number of hydrogen-bond acceptors (Lipinski definition) is 6. The van der Waals surface area contributed by atoms with Crippen molar-refractivity contribution in [1.29, 1.82) is 0 Å². The molecule has 31 heavy (non-hydrogen) atoms. The number of ether oxygens (including phenoxy) is 1. The molecule has 9 heteroatoms. The number of rotatable bonds is 3. The van der Waals surface area contributed by atoms with Crippen molar-refractivity contribution in [3.8, 4) is 0 Å². The predicted octanol–water partition coefficient (Wildman–Crippen LogP) is 4.47. The molecular formula is C22H21FN6OS. The number of imidazole rings is 2. The average Bonchev–Trinajstić information content (AvgIpc) is 3.38. The number of fused-ring (bicyclic) bond motifs is 4. The van der Waals surface area contributed by atoms with Crippen molar-refractivity contribution in [2.24, 2.45) is 0 Å². The molecule has 1 aliphatic rings. The zero-order chi connectivity index (χ0) is 21.1. The highest BCUT2D eigenvalue weighted by Crippen LogP contribution is 2.34. The Balaban J connectivity index is 1.55. The summed E-state index contributed by atoms with van der Waals surface area (Å²) in [4.78, 5) is 15.1. The van der Waals surface area contributed by atoms with Crippen molar-refractivity contribution in [2.75, 3.05) is 6.61 Å².